The molecule has 1 aliphatic rings. The van der Waals surface area contributed by atoms with Crippen LogP contribution < -0.4 is 5.32 Å². The molecule has 0 aromatic carbocycles. The Hall–Kier alpha value is -1.36. The summed E-state index contributed by atoms with van der Waals surface area (Å²) in [4.78, 5) is 19.4. The van der Waals surface area contributed by atoms with Crippen molar-refractivity contribution in [2.45, 2.75) is 25.3 Å². The van der Waals surface area contributed by atoms with E-state index in [0.717, 1.165) is 19.3 Å². The van der Waals surface area contributed by atoms with Crippen molar-refractivity contribution in [2.75, 3.05) is 12.4 Å². The molecule has 92 valence electrons. The molecule has 0 aliphatic heterocycles. The summed E-state index contributed by atoms with van der Waals surface area (Å²) in [6.07, 6.45) is 5.64. The fourth-order valence-electron chi connectivity index (χ4n) is 2.11. The van der Waals surface area contributed by atoms with Gasteiger partial charge in [-0.15, -0.1) is 0 Å². The zero-order chi connectivity index (χ0) is 12.3. The molecule has 6 heteroatoms. The normalized spacial score (nSPS) is 23.4. The number of methoxy groups -OCH3 is 1. The van der Waals surface area contributed by atoms with Gasteiger partial charge in [-0.05, 0) is 19.3 Å². The standard InChI is InChI=1S/C11H14ClN3O2/c1-17-11(16)7-2-3-8(4-7)14-10-6-13-5-9(12)15-10/h5-8H,2-4H2,1H3,(H,14,15)/t7-,8+/m0/s1. The van der Waals surface area contributed by atoms with Crippen LogP contribution in [-0.2, 0) is 9.53 Å². The monoisotopic (exact) mass is 255 g/mol. The first-order valence-electron chi connectivity index (χ1n) is 5.51. The Morgan fingerprint density at radius 1 is 1.53 bits per heavy atom. The molecule has 1 saturated carbocycles. The van der Waals surface area contributed by atoms with Gasteiger partial charge in [0.25, 0.3) is 0 Å². The van der Waals surface area contributed by atoms with Gasteiger partial charge in [-0.3, -0.25) is 9.78 Å². The lowest BCUT2D eigenvalue weighted by Gasteiger charge is -2.12. The molecule has 1 N–H and O–H groups in total. The molecule has 1 aliphatic carbocycles. The molecule has 1 fully saturated rings. The van der Waals surface area contributed by atoms with E-state index in [9.17, 15) is 4.79 Å². The Kier molecular flexibility index (Phi) is 3.78. The summed E-state index contributed by atoms with van der Waals surface area (Å²) in [6, 6.07) is 0.229. The maximum absolute atomic E-state index is 11.4. The van der Waals surface area contributed by atoms with Gasteiger partial charge < -0.3 is 10.1 Å². The van der Waals surface area contributed by atoms with Crippen LogP contribution in [0.25, 0.3) is 0 Å². The minimum Gasteiger partial charge on any atom is -0.469 e. The van der Waals surface area contributed by atoms with E-state index < -0.39 is 0 Å². The first kappa shape index (κ1) is 12.1. The van der Waals surface area contributed by atoms with Crippen molar-refractivity contribution in [2.24, 2.45) is 5.92 Å². The lowest BCUT2D eigenvalue weighted by molar-refractivity contribution is -0.145. The smallest absolute Gasteiger partial charge is 0.308 e. The van der Waals surface area contributed by atoms with Crippen LogP contribution in [0.2, 0.25) is 5.15 Å². The molecule has 0 radical (unpaired) electrons. The van der Waals surface area contributed by atoms with Gasteiger partial charge >= 0.3 is 5.97 Å². The molecule has 1 heterocycles. The molecule has 0 saturated heterocycles. The summed E-state index contributed by atoms with van der Waals surface area (Å²) < 4.78 is 4.74. The summed E-state index contributed by atoms with van der Waals surface area (Å²) in [5.74, 6) is 0.504. The number of aromatic nitrogens is 2. The zero-order valence-corrected chi connectivity index (χ0v) is 10.3. The van der Waals surface area contributed by atoms with E-state index in [2.05, 4.69) is 15.3 Å². The number of anilines is 1. The number of carbonyl (C=O) groups is 1. The second-order valence-electron chi connectivity index (χ2n) is 4.10. The molecule has 1 aromatic rings. The van der Waals surface area contributed by atoms with Crippen molar-refractivity contribution >= 4 is 23.4 Å². The molecule has 17 heavy (non-hydrogen) atoms. The zero-order valence-electron chi connectivity index (χ0n) is 9.52. The molecule has 0 spiro atoms. The SMILES string of the molecule is COC(=O)[C@H]1CC[C@@H](Nc2cncc(Cl)n2)C1. The van der Waals surface area contributed by atoms with Crippen LogP contribution in [0.1, 0.15) is 19.3 Å². The predicted molar refractivity (Wildman–Crippen MR) is 63.8 cm³/mol. The average Bonchev–Trinajstić information content (AvgIpc) is 2.76. The van der Waals surface area contributed by atoms with E-state index in [-0.39, 0.29) is 17.9 Å². The summed E-state index contributed by atoms with van der Waals surface area (Å²) in [6.45, 7) is 0. The Labute approximate surface area is 105 Å². The molecule has 2 rings (SSSR count). The minimum atomic E-state index is -0.133. The summed E-state index contributed by atoms with van der Waals surface area (Å²) in [5.41, 5.74) is 0. The minimum absolute atomic E-state index is 0.00959. The highest BCUT2D eigenvalue weighted by molar-refractivity contribution is 6.29. The number of nitrogens with one attached hydrogen (secondary N) is 1. The second-order valence-corrected chi connectivity index (χ2v) is 4.49. The van der Waals surface area contributed by atoms with Crippen LogP contribution in [-0.4, -0.2) is 29.1 Å². The number of halogens is 1. The maximum atomic E-state index is 11.4. The molecule has 5 nitrogen and oxygen atoms in total. The van der Waals surface area contributed by atoms with Gasteiger partial charge in [0.2, 0.25) is 0 Å². The lowest BCUT2D eigenvalue weighted by Crippen LogP contribution is -2.19. The first-order valence-corrected chi connectivity index (χ1v) is 5.88. The van der Waals surface area contributed by atoms with Crippen LogP contribution >= 0.6 is 11.6 Å². The number of hydrogen-bond acceptors (Lipinski definition) is 5. The number of hydrogen-bond donors (Lipinski definition) is 1. The summed E-state index contributed by atoms with van der Waals surface area (Å²) in [5, 5.41) is 3.58. The largest absolute Gasteiger partial charge is 0.469 e. The lowest BCUT2D eigenvalue weighted by atomic mass is 10.1. The predicted octanol–water partition coefficient (Wildman–Crippen LogP) is 1.88. The third-order valence-electron chi connectivity index (χ3n) is 2.92. The third-order valence-corrected chi connectivity index (χ3v) is 3.11. The average molecular weight is 256 g/mol. The Morgan fingerprint density at radius 2 is 2.35 bits per heavy atom. The second kappa shape index (κ2) is 5.31. The number of rotatable bonds is 3. The van der Waals surface area contributed by atoms with Gasteiger partial charge in [0.1, 0.15) is 11.0 Å². The Morgan fingerprint density at radius 3 is 3.06 bits per heavy atom. The topological polar surface area (TPSA) is 64.1 Å². The van der Waals surface area contributed by atoms with Crippen molar-refractivity contribution in [3.63, 3.8) is 0 Å². The molecule has 0 bridgehead atoms. The first-order chi connectivity index (χ1) is 8.19. The molecule has 1 aromatic heterocycles. The maximum Gasteiger partial charge on any atom is 0.308 e. The van der Waals surface area contributed by atoms with Crippen molar-refractivity contribution in [3.8, 4) is 0 Å². The van der Waals surface area contributed by atoms with Gasteiger partial charge in [0.15, 0.2) is 0 Å². The molecule has 2 atom stereocenters. The van der Waals surface area contributed by atoms with Gasteiger partial charge in [-0.25, -0.2) is 4.98 Å². The van der Waals surface area contributed by atoms with Crippen molar-refractivity contribution in [3.05, 3.63) is 17.5 Å². The third kappa shape index (κ3) is 3.06. The highest BCUT2D eigenvalue weighted by Gasteiger charge is 2.30. The summed E-state index contributed by atoms with van der Waals surface area (Å²) >= 11 is 5.74. The van der Waals surface area contributed by atoms with E-state index in [4.69, 9.17) is 16.3 Å². The van der Waals surface area contributed by atoms with Crippen LogP contribution in [0, 0.1) is 5.92 Å². The fraction of sp³-hybridized carbons (Fsp3) is 0.545. The van der Waals surface area contributed by atoms with Crippen LogP contribution in [0.3, 0.4) is 0 Å². The van der Waals surface area contributed by atoms with E-state index >= 15 is 0 Å². The Balaban J connectivity index is 1.92. The van der Waals surface area contributed by atoms with Crippen LogP contribution in [0.5, 0.6) is 0 Å². The van der Waals surface area contributed by atoms with E-state index in [1.807, 2.05) is 0 Å². The fourth-order valence-corrected chi connectivity index (χ4v) is 2.26. The molecule has 0 unspecified atom stereocenters. The van der Waals surface area contributed by atoms with Crippen LogP contribution in [0.15, 0.2) is 12.4 Å². The Bertz CT molecular complexity index is 413. The number of nitrogens with zero attached hydrogens (tertiary/aromatic N) is 2. The number of ether oxygens (including phenoxy) is 1. The van der Waals surface area contributed by atoms with Gasteiger partial charge in [0, 0.05) is 6.04 Å². The van der Waals surface area contributed by atoms with Crippen molar-refractivity contribution in [1.82, 2.24) is 9.97 Å². The van der Waals surface area contributed by atoms with E-state index in [0.29, 0.717) is 11.0 Å². The van der Waals surface area contributed by atoms with Crippen molar-refractivity contribution < 1.29 is 9.53 Å². The highest BCUT2D eigenvalue weighted by atomic mass is 35.5. The number of esters is 1. The van der Waals surface area contributed by atoms with E-state index in [1.54, 1.807) is 6.20 Å². The van der Waals surface area contributed by atoms with Gasteiger partial charge in [0.05, 0.1) is 25.4 Å². The highest BCUT2D eigenvalue weighted by Crippen LogP contribution is 2.28. The van der Waals surface area contributed by atoms with Gasteiger partial charge in [-0.1, -0.05) is 11.6 Å². The van der Waals surface area contributed by atoms with Crippen LogP contribution in [0.4, 0.5) is 5.82 Å². The summed E-state index contributed by atoms with van der Waals surface area (Å²) in [7, 11) is 1.42. The molecular formula is C11H14ClN3O2. The van der Waals surface area contributed by atoms with Gasteiger partial charge in [-0.2, -0.15) is 0 Å². The molecule has 0 amide bonds. The van der Waals surface area contributed by atoms with E-state index in [1.165, 1.54) is 13.3 Å². The molecular weight excluding hydrogens is 242 g/mol. The quantitative estimate of drug-likeness (QED) is 0.836. The number of carbonyl (C=O) groups excluding carboxylic acids is 1. The van der Waals surface area contributed by atoms with Crippen molar-refractivity contribution in [1.29, 1.82) is 0 Å².